The number of thiazole rings is 1. The van der Waals surface area contributed by atoms with Crippen LogP contribution in [0.4, 0.5) is 0 Å². The van der Waals surface area contributed by atoms with Gasteiger partial charge in [0.1, 0.15) is 22.6 Å². The molecule has 0 saturated carbocycles. The summed E-state index contributed by atoms with van der Waals surface area (Å²) < 4.78 is 10.7. The van der Waals surface area contributed by atoms with Gasteiger partial charge in [-0.3, -0.25) is 0 Å². The van der Waals surface area contributed by atoms with Crippen LogP contribution in [0.2, 0.25) is 0 Å². The van der Waals surface area contributed by atoms with Crippen LogP contribution in [0.3, 0.4) is 0 Å². The minimum atomic E-state index is -0.327. The number of esters is 1. The highest BCUT2D eigenvalue weighted by Gasteiger charge is 2.22. The van der Waals surface area contributed by atoms with Gasteiger partial charge in [-0.25, -0.2) is 9.78 Å². The van der Waals surface area contributed by atoms with Crippen molar-refractivity contribution < 1.29 is 14.3 Å². The zero-order valence-electron chi connectivity index (χ0n) is 10.9. The molecule has 1 aliphatic rings. The zero-order valence-corrected chi connectivity index (χ0v) is 11.7. The Morgan fingerprint density at radius 3 is 3.26 bits per heavy atom. The Morgan fingerprint density at radius 1 is 1.63 bits per heavy atom. The van der Waals surface area contributed by atoms with E-state index in [1.807, 2.05) is 25.2 Å². The smallest absolute Gasteiger partial charge is 0.350 e. The van der Waals surface area contributed by atoms with Crippen molar-refractivity contribution in [3.8, 4) is 0 Å². The van der Waals surface area contributed by atoms with Crippen LogP contribution in [0, 0.1) is 0 Å². The third-order valence-electron chi connectivity index (χ3n) is 2.68. The first-order valence-corrected chi connectivity index (χ1v) is 7.15. The number of hydrogen-bond donors (Lipinski definition) is 0. The number of aromatic nitrogens is 1. The van der Waals surface area contributed by atoms with Gasteiger partial charge < -0.3 is 9.47 Å². The van der Waals surface area contributed by atoms with Crippen LogP contribution in [-0.2, 0) is 9.47 Å². The van der Waals surface area contributed by atoms with E-state index in [4.69, 9.17) is 9.47 Å². The monoisotopic (exact) mass is 279 g/mol. The Hall–Kier alpha value is -1.46. The molecule has 2 heterocycles. The number of rotatable bonds is 5. The third kappa shape index (κ3) is 4.01. The van der Waals surface area contributed by atoms with Crippen LogP contribution < -0.4 is 0 Å². The lowest BCUT2D eigenvalue weighted by Gasteiger charge is -2.03. The van der Waals surface area contributed by atoms with E-state index in [0.717, 1.165) is 24.5 Å². The molecular weight excluding hydrogens is 262 g/mol. The SMILES string of the molecule is C/C=C/C=C/COC(=O)c1cnc(C2CCCO2)s1. The van der Waals surface area contributed by atoms with Crippen molar-refractivity contribution in [2.75, 3.05) is 13.2 Å². The highest BCUT2D eigenvalue weighted by Crippen LogP contribution is 2.31. The number of carbonyl (C=O) groups excluding carboxylic acids is 1. The van der Waals surface area contributed by atoms with Crippen molar-refractivity contribution in [3.05, 3.63) is 40.4 Å². The minimum absolute atomic E-state index is 0.0566. The molecule has 2 rings (SSSR count). The molecule has 19 heavy (non-hydrogen) atoms. The van der Waals surface area contributed by atoms with E-state index < -0.39 is 0 Å². The van der Waals surface area contributed by atoms with E-state index in [1.165, 1.54) is 11.3 Å². The molecule has 0 N–H and O–H groups in total. The fourth-order valence-corrected chi connectivity index (χ4v) is 2.64. The first-order valence-electron chi connectivity index (χ1n) is 6.33. The number of allylic oxidation sites excluding steroid dienone is 3. The van der Waals surface area contributed by atoms with Gasteiger partial charge in [-0.2, -0.15) is 0 Å². The molecule has 1 saturated heterocycles. The van der Waals surface area contributed by atoms with E-state index in [1.54, 1.807) is 12.3 Å². The van der Waals surface area contributed by atoms with Gasteiger partial charge in [0.2, 0.25) is 0 Å². The molecule has 102 valence electrons. The Morgan fingerprint density at radius 2 is 2.53 bits per heavy atom. The number of ether oxygens (including phenoxy) is 2. The first-order chi connectivity index (χ1) is 9.31. The molecule has 4 nitrogen and oxygen atoms in total. The summed E-state index contributed by atoms with van der Waals surface area (Å²) in [4.78, 5) is 16.5. The average molecular weight is 279 g/mol. The maximum atomic E-state index is 11.8. The van der Waals surface area contributed by atoms with Crippen molar-refractivity contribution in [2.45, 2.75) is 25.9 Å². The van der Waals surface area contributed by atoms with E-state index >= 15 is 0 Å². The summed E-state index contributed by atoms with van der Waals surface area (Å²) in [5.74, 6) is -0.327. The molecule has 0 bridgehead atoms. The molecule has 1 aromatic heterocycles. The predicted molar refractivity (Wildman–Crippen MR) is 74.3 cm³/mol. The van der Waals surface area contributed by atoms with Crippen LogP contribution >= 0.6 is 11.3 Å². The third-order valence-corrected chi connectivity index (χ3v) is 3.75. The Labute approximate surface area is 116 Å². The molecule has 0 aromatic carbocycles. The average Bonchev–Trinajstić information content (AvgIpc) is 3.08. The van der Waals surface area contributed by atoms with E-state index in [9.17, 15) is 4.79 Å². The van der Waals surface area contributed by atoms with Gasteiger partial charge in [-0.05, 0) is 25.8 Å². The molecule has 1 aliphatic heterocycles. The number of carbonyl (C=O) groups is 1. The quantitative estimate of drug-likeness (QED) is 0.613. The normalized spacial score (nSPS) is 19.5. The molecule has 0 aliphatic carbocycles. The highest BCUT2D eigenvalue weighted by molar-refractivity contribution is 7.13. The molecule has 1 fully saturated rings. The van der Waals surface area contributed by atoms with Crippen molar-refractivity contribution in [2.24, 2.45) is 0 Å². The lowest BCUT2D eigenvalue weighted by molar-refractivity contribution is 0.0555. The van der Waals surface area contributed by atoms with Crippen molar-refractivity contribution >= 4 is 17.3 Å². The maximum Gasteiger partial charge on any atom is 0.350 e. The standard InChI is InChI=1S/C14H17NO3S/c1-2-3-4-5-8-18-14(16)12-10-15-13(19-12)11-7-6-9-17-11/h2-5,10-11H,6-9H2,1H3/b3-2+,5-4+. The minimum Gasteiger partial charge on any atom is -0.457 e. The van der Waals surface area contributed by atoms with E-state index in [2.05, 4.69) is 4.98 Å². The number of hydrogen-bond acceptors (Lipinski definition) is 5. The highest BCUT2D eigenvalue weighted by atomic mass is 32.1. The fourth-order valence-electron chi connectivity index (χ4n) is 1.74. The lowest BCUT2D eigenvalue weighted by atomic mass is 10.2. The molecule has 0 amide bonds. The fraction of sp³-hybridized carbons (Fsp3) is 0.429. The second kappa shape index (κ2) is 7.21. The molecule has 1 atom stereocenters. The summed E-state index contributed by atoms with van der Waals surface area (Å²) in [5, 5.41) is 0.869. The van der Waals surface area contributed by atoms with Crippen LogP contribution in [0.15, 0.2) is 30.5 Å². The summed E-state index contributed by atoms with van der Waals surface area (Å²) in [6.07, 6.45) is 11.1. The van der Waals surface area contributed by atoms with Crippen LogP contribution in [0.25, 0.3) is 0 Å². The molecule has 5 heteroatoms. The Kier molecular flexibility index (Phi) is 5.30. The lowest BCUT2D eigenvalue weighted by Crippen LogP contribution is -2.02. The molecule has 0 spiro atoms. The van der Waals surface area contributed by atoms with Crippen molar-refractivity contribution in [1.82, 2.24) is 4.98 Å². The van der Waals surface area contributed by atoms with Gasteiger partial charge >= 0.3 is 5.97 Å². The van der Waals surface area contributed by atoms with Crippen LogP contribution in [0.1, 0.15) is 40.5 Å². The summed E-state index contributed by atoms with van der Waals surface area (Å²) in [6, 6.07) is 0. The summed E-state index contributed by atoms with van der Waals surface area (Å²) in [5.41, 5.74) is 0. The van der Waals surface area contributed by atoms with Gasteiger partial charge in [0.25, 0.3) is 0 Å². The van der Waals surface area contributed by atoms with E-state index in [0.29, 0.717) is 4.88 Å². The largest absolute Gasteiger partial charge is 0.457 e. The second-order valence-corrected chi connectivity index (χ2v) is 5.18. The van der Waals surface area contributed by atoms with Gasteiger partial charge in [-0.1, -0.05) is 18.2 Å². The zero-order chi connectivity index (χ0) is 13.5. The van der Waals surface area contributed by atoms with Gasteiger partial charge in [0.15, 0.2) is 0 Å². The van der Waals surface area contributed by atoms with Crippen LogP contribution in [-0.4, -0.2) is 24.2 Å². The van der Waals surface area contributed by atoms with Gasteiger partial charge in [0.05, 0.1) is 6.20 Å². The van der Waals surface area contributed by atoms with E-state index in [-0.39, 0.29) is 18.7 Å². The second-order valence-electron chi connectivity index (χ2n) is 4.12. The molecular formula is C14H17NO3S. The number of nitrogens with zero attached hydrogens (tertiary/aromatic N) is 1. The van der Waals surface area contributed by atoms with Crippen LogP contribution in [0.5, 0.6) is 0 Å². The van der Waals surface area contributed by atoms with Crippen molar-refractivity contribution in [1.29, 1.82) is 0 Å². The Bertz CT molecular complexity index is 473. The molecule has 0 radical (unpaired) electrons. The summed E-state index contributed by atoms with van der Waals surface area (Å²) in [6.45, 7) is 2.98. The summed E-state index contributed by atoms with van der Waals surface area (Å²) >= 11 is 1.36. The van der Waals surface area contributed by atoms with Crippen molar-refractivity contribution in [3.63, 3.8) is 0 Å². The Balaban J connectivity index is 1.85. The molecule has 1 aromatic rings. The van der Waals surface area contributed by atoms with Gasteiger partial charge in [0, 0.05) is 6.61 Å². The topological polar surface area (TPSA) is 48.4 Å². The van der Waals surface area contributed by atoms with Gasteiger partial charge in [-0.15, -0.1) is 11.3 Å². The maximum absolute atomic E-state index is 11.8. The summed E-state index contributed by atoms with van der Waals surface area (Å²) in [7, 11) is 0. The molecule has 1 unspecified atom stereocenters. The predicted octanol–water partition coefficient (Wildman–Crippen LogP) is 3.28. The first kappa shape index (κ1) is 14.0.